The topological polar surface area (TPSA) is 81.2 Å². The second-order valence-electron chi connectivity index (χ2n) is 5.39. The average Bonchev–Trinajstić information content (AvgIpc) is 2.98. The zero-order valence-corrected chi connectivity index (χ0v) is 15.7. The first-order valence-corrected chi connectivity index (χ1v) is 8.67. The summed E-state index contributed by atoms with van der Waals surface area (Å²) in [6.45, 7) is 2.64. The number of aryl methyl sites for hydroxylation is 1. The van der Waals surface area contributed by atoms with Crippen LogP contribution in [0.1, 0.15) is 11.3 Å². The van der Waals surface area contributed by atoms with Gasteiger partial charge < -0.3 is 15.6 Å². The molecule has 26 heavy (non-hydrogen) atoms. The van der Waals surface area contributed by atoms with Crippen molar-refractivity contribution in [1.82, 2.24) is 5.16 Å². The summed E-state index contributed by atoms with van der Waals surface area (Å²) in [6, 6.07) is 15.5. The van der Waals surface area contributed by atoms with Crippen LogP contribution in [0.25, 0.3) is 11.1 Å². The molecule has 5 nitrogen and oxygen atoms in total. The third-order valence-corrected chi connectivity index (χ3v) is 4.20. The first-order chi connectivity index (χ1) is 12.6. The van der Waals surface area contributed by atoms with Crippen molar-refractivity contribution < 1.29 is 9.32 Å². The van der Waals surface area contributed by atoms with Crippen molar-refractivity contribution in [2.24, 2.45) is 5.73 Å². The second kappa shape index (κ2) is 9.85. The number of benzene rings is 2. The Bertz CT molecular complexity index is 848. The van der Waals surface area contributed by atoms with Crippen molar-refractivity contribution >= 4 is 35.5 Å². The number of hydrogen-bond acceptors (Lipinski definition) is 4. The molecular formula is C19H19Cl2N3O2. The standard InChI is InChI=1S/C18H16Cl2N2O.CH3NO/c1-12-17(15-4-2-3-5-16(15)20)18(23-22-12)21-11-10-13-6-8-14(19)9-7-13;2-1-3/h2-9,21H,10-11H2,1H3;1H,(H2,2,3). The molecule has 0 fully saturated rings. The normalized spacial score (nSPS) is 9.96. The number of nitrogens with one attached hydrogen (secondary N) is 1. The third-order valence-electron chi connectivity index (χ3n) is 3.62. The number of amides is 1. The molecule has 0 saturated heterocycles. The quantitative estimate of drug-likeness (QED) is 0.616. The fourth-order valence-electron chi connectivity index (χ4n) is 2.44. The van der Waals surface area contributed by atoms with Gasteiger partial charge in [-0.25, -0.2) is 0 Å². The lowest BCUT2D eigenvalue weighted by atomic mass is 10.1. The van der Waals surface area contributed by atoms with Crippen LogP contribution in [0.3, 0.4) is 0 Å². The Kier molecular flexibility index (Phi) is 7.51. The summed E-state index contributed by atoms with van der Waals surface area (Å²) in [6.07, 6.45) is 1.11. The van der Waals surface area contributed by atoms with Crippen molar-refractivity contribution in [3.05, 3.63) is 69.8 Å². The van der Waals surface area contributed by atoms with Gasteiger partial charge in [0.15, 0.2) is 0 Å². The van der Waals surface area contributed by atoms with Crippen molar-refractivity contribution in [1.29, 1.82) is 0 Å². The molecule has 0 unspecified atom stereocenters. The van der Waals surface area contributed by atoms with Gasteiger partial charge in [0, 0.05) is 22.2 Å². The van der Waals surface area contributed by atoms with Gasteiger partial charge in [0.1, 0.15) is 0 Å². The van der Waals surface area contributed by atoms with Crippen molar-refractivity contribution in [2.75, 3.05) is 11.9 Å². The number of aromatic nitrogens is 1. The maximum atomic E-state index is 8.58. The lowest BCUT2D eigenvalue weighted by Gasteiger charge is -2.07. The Labute approximate surface area is 162 Å². The van der Waals surface area contributed by atoms with Crippen LogP contribution >= 0.6 is 23.2 Å². The van der Waals surface area contributed by atoms with E-state index in [1.165, 1.54) is 5.56 Å². The maximum absolute atomic E-state index is 8.58. The summed E-state index contributed by atoms with van der Waals surface area (Å²) in [5.41, 5.74) is 8.01. The predicted molar refractivity (Wildman–Crippen MR) is 106 cm³/mol. The highest BCUT2D eigenvalue weighted by Crippen LogP contribution is 2.35. The van der Waals surface area contributed by atoms with Crippen LogP contribution in [0.15, 0.2) is 53.1 Å². The van der Waals surface area contributed by atoms with Crippen molar-refractivity contribution in [2.45, 2.75) is 13.3 Å². The van der Waals surface area contributed by atoms with Gasteiger partial charge in [-0.15, -0.1) is 0 Å². The van der Waals surface area contributed by atoms with Gasteiger partial charge in [-0.1, -0.05) is 58.7 Å². The molecule has 0 radical (unpaired) electrons. The van der Waals surface area contributed by atoms with Crippen molar-refractivity contribution in [3.8, 4) is 11.1 Å². The molecule has 0 aliphatic heterocycles. The third kappa shape index (κ3) is 5.25. The van der Waals surface area contributed by atoms with E-state index in [0.29, 0.717) is 10.9 Å². The minimum Gasteiger partial charge on any atom is -0.372 e. The van der Waals surface area contributed by atoms with Gasteiger partial charge in [-0.3, -0.25) is 4.79 Å². The van der Waals surface area contributed by atoms with Gasteiger partial charge in [-0.05, 0) is 37.1 Å². The molecule has 0 aliphatic rings. The number of primary amides is 1. The van der Waals surface area contributed by atoms with Crippen LogP contribution in [0.2, 0.25) is 10.0 Å². The number of hydrogen-bond donors (Lipinski definition) is 2. The molecule has 7 heteroatoms. The number of nitrogens with two attached hydrogens (primary N) is 1. The maximum Gasteiger partial charge on any atom is 0.232 e. The molecule has 1 amide bonds. The number of anilines is 1. The van der Waals surface area contributed by atoms with E-state index in [4.69, 9.17) is 32.5 Å². The van der Waals surface area contributed by atoms with Crippen LogP contribution in [0.4, 0.5) is 5.88 Å². The summed E-state index contributed by atoms with van der Waals surface area (Å²) in [7, 11) is 0. The van der Waals surface area contributed by atoms with Crippen molar-refractivity contribution in [3.63, 3.8) is 0 Å². The smallest absolute Gasteiger partial charge is 0.232 e. The number of carbonyl (C=O) groups is 1. The molecule has 3 aromatic rings. The summed E-state index contributed by atoms with van der Waals surface area (Å²) >= 11 is 12.2. The summed E-state index contributed by atoms with van der Waals surface area (Å²) < 4.78 is 5.42. The van der Waals surface area contributed by atoms with E-state index in [-0.39, 0.29) is 6.41 Å². The van der Waals surface area contributed by atoms with Gasteiger partial charge in [0.05, 0.1) is 11.3 Å². The molecule has 0 atom stereocenters. The summed E-state index contributed by atoms with van der Waals surface area (Å²) in [5, 5.41) is 8.78. The monoisotopic (exact) mass is 391 g/mol. The van der Waals surface area contributed by atoms with E-state index >= 15 is 0 Å². The highest BCUT2D eigenvalue weighted by Gasteiger charge is 2.16. The Morgan fingerprint density at radius 2 is 1.81 bits per heavy atom. The van der Waals surface area contributed by atoms with E-state index in [1.54, 1.807) is 0 Å². The minimum absolute atomic E-state index is 0.250. The second-order valence-corrected chi connectivity index (χ2v) is 6.23. The molecule has 3 rings (SSSR count). The van der Waals surface area contributed by atoms with Crippen LogP contribution in [0, 0.1) is 6.92 Å². The van der Waals surface area contributed by atoms with E-state index in [9.17, 15) is 0 Å². The number of halogens is 2. The van der Waals surface area contributed by atoms with Crippen LogP contribution in [-0.4, -0.2) is 18.1 Å². The highest BCUT2D eigenvalue weighted by molar-refractivity contribution is 6.33. The van der Waals surface area contributed by atoms with Gasteiger partial charge >= 0.3 is 0 Å². The first-order valence-electron chi connectivity index (χ1n) is 7.91. The fraction of sp³-hybridized carbons (Fsp3) is 0.158. The SMILES string of the molecule is Cc1noc(NCCc2ccc(Cl)cc2)c1-c1ccccc1Cl.NC=O. The largest absolute Gasteiger partial charge is 0.372 e. The predicted octanol–water partition coefficient (Wildman–Crippen LogP) is 4.71. The lowest BCUT2D eigenvalue weighted by Crippen LogP contribution is -2.05. The van der Waals surface area contributed by atoms with Gasteiger partial charge in [0.2, 0.25) is 12.3 Å². The zero-order chi connectivity index (χ0) is 18.9. The van der Waals surface area contributed by atoms with E-state index < -0.39 is 0 Å². The van der Waals surface area contributed by atoms with Crippen LogP contribution < -0.4 is 11.1 Å². The average molecular weight is 392 g/mol. The molecule has 1 heterocycles. The number of rotatable bonds is 5. The van der Waals surface area contributed by atoms with Crippen LogP contribution in [0.5, 0.6) is 0 Å². The number of carbonyl (C=O) groups excluding carboxylic acids is 1. The van der Waals surface area contributed by atoms with E-state index in [0.717, 1.165) is 34.8 Å². The minimum atomic E-state index is 0.250. The first kappa shape index (κ1) is 19.8. The Balaban J connectivity index is 0.000000758. The highest BCUT2D eigenvalue weighted by atomic mass is 35.5. The van der Waals surface area contributed by atoms with E-state index in [2.05, 4.69) is 16.2 Å². The zero-order valence-electron chi connectivity index (χ0n) is 14.2. The Hall–Kier alpha value is -2.50. The summed E-state index contributed by atoms with van der Waals surface area (Å²) in [5.74, 6) is 0.643. The Morgan fingerprint density at radius 1 is 1.15 bits per heavy atom. The Morgan fingerprint density at radius 3 is 2.46 bits per heavy atom. The molecule has 136 valence electrons. The van der Waals surface area contributed by atoms with Gasteiger partial charge in [0.25, 0.3) is 0 Å². The molecule has 2 aromatic carbocycles. The van der Waals surface area contributed by atoms with E-state index in [1.807, 2.05) is 55.5 Å². The summed E-state index contributed by atoms with van der Waals surface area (Å²) in [4.78, 5) is 8.58. The molecule has 1 aromatic heterocycles. The molecule has 0 aliphatic carbocycles. The molecular weight excluding hydrogens is 373 g/mol. The fourth-order valence-corrected chi connectivity index (χ4v) is 2.80. The lowest BCUT2D eigenvalue weighted by molar-refractivity contribution is -0.106. The molecule has 3 N–H and O–H groups in total. The number of nitrogens with zero attached hydrogens (tertiary/aromatic N) is 1. The molecule has 0 spiro atoms. The van der Waals surface area contributed by atoms with Gasteiger partial charge in [-0.2, -0.15) is 0 Å². The molecule has 0 saturated carbocycles. The molecule has 0 bridgehead atoms. The van der Waals surface area contributed by atoms with Crippen LogP contribution in [-0.2, 0) is 11.2 Å².